The molecule has 0 saturated heterocycles. The fourth-order valence-electron chi connectivity index (χ4n) is 0.514. The highest BCUT2D eigenvalue weighted by Gasteiger charge is 2.06. The average Bonchev–Trinajstić information content (AvgIpc) is 1.89. The van der Waals surface area contributed by atoms with Gasteiger partial charge in [-0.05, 0) is 6.42 Å². The SMILES string of the molecule is CCCCN(CCl)S(=O)O. The molecule has 0 bridgehead atoms. The highest BCUT2D eigenvalue weighted by molar-refractivity contribution is 7.76. The van der Waals surface area contributed by atoms with Crippen molar-refractivity contribution in [1.82, 2.24) is 4.31 Å². The number of nitrogens with zero attached hydrogens (tertiary/aromatic N) is 1. The fourth-order valence-corrected chi connectivity index (χ4v) is 1.25. The zero-order valence-corrected chi connectivity index (χ0v) is 7.49. The Kier molecular flexibility index (Phi) is 6.31. The predicted octanol–water partition coefficient (Wildman–Crippen LogP) is 1.42. The molecule has 1 unspecified atom stereocenters. The molecule has 0 fully saturated rings. The maximum atomic E-state index is 10.4. The van der Waals surface area contributed by atoms with E-state index in [0.29, 0.717) is 6.54 Å². The van der Waals surface area contributed by atoms with E-state index < -0.39 is 11.3 Å². The summed E-state index contributed by atoms with van der Waals surface area (Å²) in [5.41, 5.74) is 0. The lowest BCUT2D eigenvalue weighted by Crippen LogP contribution is -2.25. The van der Waals surface area contributed by atoms with Crippen LogP contribution in [0.2, 0.25) is 0 Å². The maximum Gasteiger partial charge on any atom is 0.235 e. The summed E-state index contributed by atoms with van der Waals surface area (Å²) in [6.07, 6.45) is 1.91. The molecule has 62 valence electrons. The summed E-state index contributed by atoms with van der Waals surface area (Å²) in [6.45, 7) is 2.61. The summed E-state index contributed by atoms with van der Waals surface area (Å²) < 4.78 is 20.2. The van der Waals surface area contributed by atoms with Gasteiger partial charge in [-0.2, -0.15) is 4.31 Å². The van der Waals surface area contributed by atoms with Crippen molar-refractivity contribution in [2.24, 2.45) is 0 Å². The maximum absolute atomic E-state index is 10.4. The molecule has 0 rings (SSSR count). The van der Waals surface area contributed by atoms with Gasteiger partial charge in [-0.3, -0.25) is 4.55 Å². The van der Waals surface area contributed by atoms with Crippen molar-refractivity contribution >= 4 is 22.9 Å². The molecule has 10 heavy (non-hydrogen) atoms. The van der Waals surface area contributed by atoms with E-state index in [-0.39, 0.29) is 6.00 Å². The van der Waals surface area contributed by atoms with Crippen molar-refractivity contribution in [3.63, 3.8) is 0 Å². The number of halogens is 1. The Hall–Kier alpha value is 0.360. The van der Waals surface area contributed by atoms with Crippen molar-refractivity contribution in [2.75, 3.05) is 12.5 Å². The van der Waals surface area contributed by atoms with Crippen LogP contribution >= 0.6 is 11.6 Å². The molecule has 0 aromatic rings. The molecule has 5 heteroatoms. The lowest BCUT2D eigenvalue weighted by Gasteiger charge is -2.12. The molecule has 0 aliphatic rings. The Morgan fingerprint density at radius 1 is 1.70 bits per heavy atom. The first-order valence-corrected chi connectivity index (χ1v) is 4.74. The van der Waals surface area contributed by atoms with Gasteiger partial charge in [0.1, 0.15) is 0 Å². The molecule has 1 atom stereocenters. The minimum atomic E-state index is -1.90. The first-order chi connectivity index (χ1) is 4.72. The monoisotopic (exact) mass is 185 g/mol. The lowest BCUT2D eigenvalue weighted by atomic mass is 10.3. The van der Waals surface area contributed by atoms with Crippen LogP contribution < -0.4 is 0 Å². The van der Waals surface area contributed by atoms with Crippen LogP contribution in [-0.4, -0.2) is 25.6 Å². The number of hydrogen-bond acceptors (Lipinski definition) is 1. The molecule has 0 aliphatic carbocycles. The van der Waals surface area contributed by atoms with E-state index in [4.69, 9.17) is 16.2 Å². The van der Waals surface area contributed by atoms with Crippen LogP contribution in [0.1, 0.15) is 19.8 Å². The minimum Gasteiger partial charge on any atom is -0.294 e. The summed E-state index contributed by atoms with van der Waals surface area (Å²) in [7, 11) is 0. The van der Waals surface area contributed by atoms with E-state index in [2.05, 4.69) is 0 Å². The van der Waals surface area contributed by atoms with Crippen molar-refractivity contribution in [3.8, 4) is 0 Å². The molecule has 3 nitrogen and oxygen atoms in total. The smallest absolute Gasteiger partial charge is 0.235 e. The molecule has 0 amide bonds. The summed E-state index contributed by atoms with van der Waals surface area (Å²) in [5, 5.41) is 0. The van der Waals surface area contributed by atoms with Gasteiger partial charge in [-0.1, -0.05) is 13.3 Å². The number of alkyl halides is 1. The van der Waals surface area contributed by atoms with Crippen molar-refractivity contribution in [3.05, 3.63) is 0 Å². The van der Waals surface area contributed by atoms with Crippen LogP contribution in [0, 0.1) is 0 Å². The number of hydrogen-bond donors (Lipinski definition) is 1. The Morgan fingerprint density at radius 3 is 2.60 bits per heavy atom. The minimum absolute atomic E-state index is 0.114. The quantitative estimate of drug-likeness (QED) is 0.400. The zero-order chi connectivity index (χ0) is 7.98. The third kappa shape index (κ3) is 4.22. The van der Waals surface area contributed by atoms with Gasteiger partial charge >= 0.3 is 0 Å². The van der Waals surface area contributed by atoms with Gasteiger partial charge in [-0.15, -0.1) is 11.6 Å². The van der Waals surface area contributed by atoms with E-state index in [1.807, 2.05) is 6.92 Å². The van der Waals surface area contributed by atoms with Crippen LogP contribution in [0.4, 0.5) is 0 Å². The average molecular weight is 186 g/mol. The molecule has 0 aromatic carbocycles. The predicted molar refractivity (Wildman–Crippen MR) is 43.1 cm³/mol. The molecular weight excluding hydrogens is 174 g/mol. The topological polar surface area (TPSA) is 40.5 Å². The van der Waals surface area contributed by atoms with E-state index >= 15 is 0 Å². The zero-order valence-electron chi connectivity index (χ0n) is 5.92. The normalized spacial score (nSPS) is 14.0. The van der Waals surface area contributed by atoms with Gasteiger partial charge in [0.25, 0.3) is 0 Å². The Morgan fingerprint density at radius 2 is 2.30 bits per heavy atom. The molecule has 1 N–H and O–H groups in total. The summed E-state index contributed by atoms with van der Waals surface area (Å²) in [4.78, 5) is 0. The van der Waals surface area contributed by atoms with E-state index in [1.54, 1.807) is 0 Å². The Labute approximate surface area is 68.8 Å². The van der Waals surface area contributed by atoms with Crippen LogP contribution in [0.5, 0.6) is 0 Å². The molecular formula is C5H12ClNO2S. The number of unbranched alkanes of at least 4 members (excludes halogenated alkanes) is 1. The van der Waals surface area contributed by atoms with Gasteiger partial charge in [0.15, 0.2) is 0 Å². The van der Waals surface area contributed by atoms with Gasteiger partial charge in [0.05, 0.1) is 6.00 Å². The van der Waals surface area contributed by atoms with Crippen LogP contribution in [0.3, 0.4) is 0 Å². The Balaban J connectivity index is 3.50. The van der Waals surface area contributed by atoms with E-state index in [9.17, 15) is 4.21 Å². The van der Waals surface area contributed by atoms with Crippen LogP contribution in [0.15, 0.2) is 0 Å². The highest BCUT2D eigenvalue weighted by atomic mass is 35.5. The molecule has 0 heterocycles. The van der Waals surface area contributed by atoms with Gasteiger partial charge in [0, 0.05) is 6.54 Å². The molecule has 0 aliphatic heterocycles. The standard InChI is InChI=1S/C5H12ClNO2S/c1-2-3-4-7(5-6)10(8)9/h2-5H2,1H3,(H,8,9). The van der Waals surface area contributed by atoms with Gasteiger partial charge in [0.2, 0.25) is 11.3 Å². The summed E-state index contributed by atoms with van der Waals surface area (Å²) >= 11 is 3.47. The Bertz CT molecular complexity index is 112. The van der Waals surface area contributed by atoms with E-state index in [0.717, 1.165) is 12.8 Å². The molecule has 0 saturated carbocycles. The van der Waals surface area contributed by atoms with Crippen LogP contribution in [0.25, 0.3) is 0 Å². The van der Waals surface area contributed by atoms with Crippen molar-refractivity contribution < 1.29 is 8.76 Å². The van der Waals surface area contributed by atoms with Crippen molar-refractivity contribution in [1.29, 1.82) is 0 Å². The highest BCUT2D eigenvalue weighted by Crippen LogP contribution is 1.98. The second kappa shape index (κ2) is 6.09. The third-order valence-corrected chi connectivity index (χ3v) is 2.30. The summed E-state index contributed by atoms with van der Waals surface area (Å²) in [6, 6.07) is 0.114. The second-order valence-electron chi connectivity index (χ2n) is 1.91. The lowest BCUT2D eigenvalue weighted by molar-refractivity contribution is 0.428. The van der Waals surface area contributed by atoms with E-state index in [1.165, 1.54) is 4.31 Å². The molecule has 0 radical (unpaired) electrons. The first kappa shape index (κ1) is 10.4. The first-order valence-electron chi connectivity index (χ1n) is 3.14. The molecule has 0 aromatic heterocycles. The van der Waals surface area contributed by atoms with Crippen molar-refractivity contribution in [2.45, 2.75) is 19.8 Å². The largest absolute Gasteiger partial charge is 0.294 e. The number of rotatable bonds is 5. The third-order valence-electron chi connectivity index (χ3n) is 1.12. The van der Waals surface area contributed by atoms with Gasteiger partial charge in [-0.25, -0.2) is 4.21 Å². The summed E-state index contributed by atoms with van der Waals surface area (Å²) in [5.74, 6) is 0. The fraction of sp³-hybridized carbons (Fsp3) is 1.00. The van der Waals surface area contributed by atoms with Gasteiger partial charge < -0.3 is 0 Å². The second-order valence-corrected chi connectivity index (χ2v) is 3.13. The van der Waals surface area contributed by atoms with Crippen LogP contribution in [-0.2, 0) is 11.3 Å². The molecule has 0 spiro atoms.